The standard InChI is InChI=1S/C18H29N3O2/c1-4-23-17-12-14(10-11-16(17)22-3)13-20-18(19-2)21-15-8-6-5-7-9-15/h10-12,15H,4-9,13H2,1-3H3,(H2,19,20,21). The SMILES string of the molecule is CCOc1cc(CNC(=NC)NC2CCCCC2)ccc1OC. The molecular formula is C18H29N3O2. The highest BCUT2D eigenvalue weighted by Crippen LogP contribution is 2.28. The van der Waals surface area contributed by atoms with Crippen LogP contribution in [0.4, 0.5) is 0 Å². The summed E-state index contributed by atoms with van der Waals surface area (Å²) < 4.78 is 10.9. The molecule has 5 heteroatoms. The van der Waals surface area contributed by atoms with E-state index in [2.05, 4.69) is 15.6 Å². The lowest BCUT2D eigenvalue weighted by Crippen LogP contribution is -2.43. The van der Waals surface area contributed by atoms with E-state index in [-0.39, 0.29) is 0 Å². The lowest BCUT2D eigenvalue weighted by Gasteiger charge is -2.25. The number of methoxy groups -OCH3 is 1. The van der Waals surface area contributed by atoms with Crippen molar-refractivity contribution in [2.75, 3.05) is 20.8 Å². The van der Waals surface area contributed by atoms with E-state index in [9.17, 15) is 0 Å². The van der Waals surface area contributed by atoms with Crippen molar-refractivity contribution in [1.82, 2.24) is 10.6 Å². The number of hydrogen-bond donors (Lipinski definition) is 2. The number of guanidine groups is 1. The maximum atomic E-state index is 5.62. The minimum atomic E-state index is 0.546. The molecule has 2 rings (SSSR count). The number of nitrogens with zero attached hydrogens (tertiary/aromatic N) is 1. The van der Waals surface area contributed by atoms with Gasteiger partial charge in [-0.25, -0.2) is 0 Å². The Morgan fingerprint density at radius 2 is 2.00 bits per heavy atom. The van der Waals surface area contributed by atoms with Gasteiger partial charge < -0.3 is 20.1 Å². The fourth-order valence-corrected chi connectivity index (χ4v) is 2.92. The lowest BCUT2D eigenvalue weighted by molar-refractivity contribution is 0.310. The molecule has 0 aliphatic heterocycles. The highest BCUT2D eigenvalue weighted by atomic mass is 16.5. The summed E-state index contributed by atoms with van der Waals surface area (Å²) in [6.45, 7) is 3.30. The molecule has 23 heavy (non-hydrogen) atoms. The van der Waals surface area contributed by atoms with Crippen LogP contribution in [-0.2, 0) is 6.54 Å². The Kier molecular flexibility index (Phi) is 7.04. The lowest BCUT2D eigenvalue weighted by atomic mass is 9.96. The first-order chi connectivity index (χ1) is 11.3. The molecule has 5 nitrogen and oxygen atoms in total. The summed E-state index contributed by atoms with van der Waals surface area (Å²) in [4.78, 5) is 4.33. The van der Waals surface area contributed by atoms with Crippen molar-refractivity contribution in [1.29, 1.82) is 0 Å². The Balaban J connectivity index is 1.91. The Hall–Kier alpha value is -1.91. The number of nitrogens with one attached hydrogen (secondary N) is 2. The minimum absolute atomic E-state index is 0.546. The summed E-state index contributed by atoms with van der Waals surface area (Å²) in [5, 5.41) is 6.90. The molecule has 0 saturated heterocycles. The van der Waals surface area contributed by atoms with Crippen molar-refractivity contribution >= 4 is 5.96 Å². The molecule has 128 valence electrons. The highest BCUT2D eigenvalue weighted by Gasteiger charge is 2.14. The predicted octanol–water partition coefficient (Wildman–Crippen LogP) is 3.09. The van der Waals surface area contributed by atoms with Gasteiger partial charge in [-0.05, 0) is 37.5 Å². The number of hydrogen-bond acceptors (Lipinski definition) is 3. The van der Waals surface area contributed by atoms with Gasteiger partial charge in [-0.2, -0.15) is 0 Å². The molecule has 0 aromatic heterocycles. The van der Waals surface area contributed by atoms with Crippen LogP contribution in [0.25, 0.3) is 0 Å². The summed E-state index contributed by atoms with van der Waals surface area (Å²) >= 11 is 0. The zero-order valence-corrected chi connectivity index (χ0v) is 14.5. The second-order valence-corrected chi connectivity index (χ2v) is 5.82. The summed E-state index contributed by atoms with van der Waals surface area (Å²) in [6.07, 6.45) is 6.45. The molecule has 0 heterocycles. The zero-order valence-electron chi connectivity index (χ0n) is 14.5. The molecule has 0 spiro atoms. The minimum Gasteiger partial charge on any atom is -0.493 e. The van der Waals surface area contributed by atoms with Crippen LogP contribution in [0, 0.1) is 0 Å². The van der Waals surface area contributed by atoms with Crippen LogP contribution in [0.15, 0.2) is 23.2 Å². The van der Waals surface area contributed by atoms with Crippen molar-refractivity contribution in [3.63, 3.8) is 0 Å². The molecule has 1 aromatic carbocycles. The molecule has 1 aliphatic rings. The van der Waals surface area contributed by atoms with Crippen molar-refractivity contribution in [2.24, 2.45) is 4.99 Å². The molecule has 0 unspecified atom stereocenters. The van der Waals surface area contributed by atoms with Gasteiger partial charge in [0.25, 0.3) is 0 Å². The van der Waals surface area contributed by atoms with Crippen molar-refractivity contribution in [2.45, 2.75) is 51.6 Å². The second-order valence-electron chi connectivity index (χ2n) is 5.82. The molecule has 1 aliphatic carbocycles. The maximum absolute atomic E-state index is 5.62. The number of benzene rings is 1. The van der Waals surface area contributed by atoms with Gasteiger partial charge in [-0.15, -0.1) is 0 Å². The van der Waals surface area contributed by atoms with E-state index < -0.39 is 0 Å². The van der Waals surface area contributed by atoms with E-state index in [4.69, 9.17) is 9.47 Å². The molecular weight excluding hydrogens is 290 g/mol. The Bertz CT molecular complexity index is 511. The monoisotopic (exact) mass is 319 g/mol. The fourth-order valence-electron chi connectivity index (χ4n) is 2.92. The molecule has 0 amide bonds. The van der Waals surface area contributed by atoms with Crippen LogP contribution in [0.2, 0.25) is 0 Å². The summed E-state index contributed by atoms with van der Waals surface area (Å²) in [5.41, 5.74) is 1.14. The predicted molar refractivity (Wildman–Crippen MR) is 94.4 cm³/mol. The Labute approximate surface area is 139 Å². The molecule has 0 radical (unpaired) electrons. The molecule has 0 atom stereocenters. The topological polar surface area (TPSA) is 54.9 Å². The first-order valence-electron chi connectivity index (χ1n) is 8.53. The number of rotatable bonds is 6. The van der Waals surface area contributed by atoms with Gasteiger partial charge in [0.15, 0.2) is 17.5 Å². The third-order valence-electron chi connectivity index (χ3n) is 4.16. The Morgan fingerprint density at radius 3 is 2.65 bits per heavy atom. The number of aliphatic imine (C=N–C) groups is 1. The first kappa shape index (κ1) is 17.4. The summed E-state index contributed by atoms with van der Waals surface area (Å²) in [6, 6.07) is 6.55. The van der Waals surface area contributed by atoms with Gasteiger partial charge in [0, 0.05) is 19.6 Å². The second kappa shape index (κ2) is 9.28. The van der Waals surface area contributed by atoms with Crippen LogP contribution in [0.1, 0.15) is 44.6 Å². The average Bonchev–Trinajstić information content (AvgIpc) is 2.60. The van der Waals surface area contributed by atoms with E-state index in [0.717, 1.165) is 23.0 Å². The van der Waals surface area contributed by atoms with Crippen LogP contribution in [0.5, 0.6) is 11.5 Å². The van der Waals surface area contributed by atoms with Crippen LogP contribution >= 0.6 is 0 Å². The van der Waals surface area contributed by atoms with E-state index in [0.29, 0.717) is 19.2 Å². The van der Waals surface area contributed by atoms with E-state index in [1.165, 1.54) is 32.1 Å². The van der Waals surface area contributed by atoms with Gasteiger partial charge >= 0.3 is 0 Å². The van der Waals surface area contributed by atoms with Gasteiger partial charge in [0.2, 0.25) is 0 Å². The largest absolute Gasteiger partial charge is 0.493 e. The van der Waals surface area contributed by atoms with Crippen molar-refractivity contribution in [3.8, 4) is 11.5 Å². The third-order valence-corrected chi connectivity index (χ3v) is 4.16. The van der Waals surface area contributed by atoms with E-state index in [1.807, 2.05) is 32.2 Å². The van der Waals surface area contributed by atoms with Gasteiger partial charge in [-0.1, -0.05) is 25.3 Å². The van der Waals surface area contributed by atoms with Gasteiger partial charge in [0.1, 0.15) is 0 Å². The van der Waals surface area contributed by atoms with Crippen LogP contribution < -0.4 is 20.1 Å². The third kappa shape index (κ3) is 5.34. The van der Waals surface area contributed by atoms with Crippen LogP contribution in [0.3, 0.4) is 0 Å². The van der Waals surface area contributed by atoms with E-state index >= 15 is 0 Å². The summed E-state index contributed by atoms with van der Waals surface area (Å²) in [5.74, 6) is 2.41. The first-order valence-corrected chi connectivity index (χ1v) is 8.53. The molecule has 2 N–H and O–H groups in total. The van der Waals surface area contributed by atoms with Gasteiger partial charge in [-0.3, -0.25) is 4.99 Å². The average molecular weight is 319 g/mol. The van der Waals surface area contributed by atoms with E-state index in [1.54, 1.807) is 7.11 Å². The smallest absolute Gasteiger partial charge is 0.191 e. The quantitative estimate of drug-likeness (QED) is 0.625. The summed E-state index contributed by atoms with van der Waals surface area (Å²) in [7, 11) is 3.48. The zero-order chi connectivity index (χ0) is 16.5. The van der Waals surface area contributed by atoms with Gasteiger partial charge in [0.05, 0.1) is 13.7 Å². The van der Waals surface area contributed by atoms with Crippen molar-refractivity contribution in [3.05, 3.63) is 23.8 Å². The molecule has 0 bridgehead atoms. The molecule has 1 fully saturated rings. The number of ether oxygens (including phenoxy) is 2. The Morgan fingerprint density at radius 1 is 1.22 bits per heavy atom. The van der Waals surface area contributed by atoms with Crippen molar-refractivity contribution < 1.29 is 9.47 Å². The molecule has 1 saturated carbocycles. The van der Waals surface area contributed by atoms with Crippen LogP contribution in [-0.4, -0.2) is 32.8 Å². The molecule has 1 aromatic rings. The maximum Gasteiger partial charge on any atom is 0.191 e. The normalized spacial score (nSPS) is 16.0. The highest BCUT2D eigenvalue weighted by molar-refractivity contribution is 5.80. The fraction of sp³-hybridized carbons (Fsp3) is 0.611.